The van der Waals surface area contributed by atoms with Crippen LogP contribution < -0.4 is 0 Å². The molecule has 1 saturated heterocycles. The van der Waals surface area contributed by atoms with Crippen LogP contribution in [0.25, 0.3) is 5.65 Å². The van der Waals surface area contributed by atoms with Gasteiger partial charge in [-0.25, -0.2) is 4.98 Å². The molecule has 0 bridgehead atoms. The van der Waals surface area contributed by atoms with Crippen molar-refractivity contribution in [1.82, 2.24) is 24.4 Å². The minimum absolute atomic E-state index is 0.144. The lowest BCUT2D eigenvalue weighted by molar-refractivity contribution is -0.131. The molecule has 3 aromatic rings. The highest BCUT2D eigenvalue weighted by Gasteiger charge is 2.28. The second-order valence-electron chi connectivity index (χ2n) is 7.61. The number of hydrogen-bond donors (Lipinski definition) is 0. The normalized spacial score (nSPS) is 15.8. The van der Waals surface area contributed by atoms with Crippen molar-refractivity contribution in [3.8, 4) is 0 Å². The van der Waals surface area contributed by atoms with Gasteiger partial charge in [0.25, 0.3) is 0 Å². The van der Waals surface area contributed by atoms with Crippen LogP contribution in [-0.2, 0) is 11.2 Å². The third kappa shape index (κ3) is 3.46. The molecule has 0 N–H and O–H groups in total. The number of amides is 1. The van der Waals surface area contributed by atoms with E-state index >= 15 is 0 Å². The van der Waals surface area contributed by atoms with Gasteiger partial charge >= 0.3 is 0 Å². The monoisotopic (exact) mass is 367 g/mol. The predicted octanol–water partition coefficient (Wildman–Crippen LogP) is 3.10. The molecule has 0 radical (unpaired) electrons. The number of carbonyl (C=O) groups is 1. The molecule has 1 aliphatic rings. The van der Waals surface area contributed by atoms with E-state index in [4.69, 9.17) is 4.52 Å². The lowest BCUT2D eigenvalue weighted by Crippen LogP contribution is -2.39. The van der Waals surface area contributed by atoms with E-state index in [0.29, 0.717) is 12.3 Å². The predicted molar refractivity (Wildman–Crippen MR) is 101 cm³/mol. The van der Waals surface area contributed by atoms with Crippen molar-refractivity contribution in [2.45, 2.75) is 51.9 Å². The number of aromatic nitrogens is 4. The van der Waals surface area contributed by atoms with Gasteiger partial charge in [-0.05, 0) is 31.4 Å². The maximum Gasteiger partial charge on any atom is 0.229 e. The fourth-order valence-corrected chi connectivity index (χ4v) is 3.62. The molecule has 0 saturated carbocycles. The Hall–Kier alpha value is -2.70. The molecule has 1 fully saturated rings. The van der Waals surface area contributed by atoms with Crippen LogP contribution in [-0.4, -0.2) is 43.4 Å². The summed E-state index contributed by atoms with van der Waals surface area (Å²) in [7, 11) is 0. The number of imidazole rings is 1. The number of piperidine rings is 1. The number of aryl methyl sites for hydroxylation is 1. The van der Waals surface area contributed by atoms with Gasteiger partial charge in [-0.2, -0.15) is 4.98 Å². The number of likely N-dealkylation sites (tertiary alicyclic amines) is 1. The van der Waals surface area contributed by atoms with Crippen molar-refractivity contribution in [3.05, 3.63) is 47.5 Å². The molecule has 142 valence electrons. The second kappa shape index (κ2) is 7.13. The lowest BCUT2D eigenvalue weighted by Gasteiger charge is -2.30. The molecule has 0 aliphatic carbocycles. The van der Waals surface area contributed by atoms with E-state index in [1.54, 1.807) is 6.20 Å². The zero-order chi connectivity index (χ0) is 19.0. The van der Waals surface area contributed by atoms with Gasteiger partial charge in [0.2, 0.25) is 11.8 Å². The van der Waals surface area contributed by atoms with Gasteiger partial charge in [0.15, 0.2) is 5.82 Å². The zero-order valence-electron chi connectivity index (χ0n) is 16.1. The topological polar surface area (TPSA) is 76.5 Å². The Morgan fingerprint density at radius 1 is 1.33 bits per heavy atom. The maximum atomic E-state index is 12.8. The SMILES string of the molecule is Cc1cccn2c(CC(=O)N3CCC(c4nc(C(C)C)no4)CC3)cnc12. The van der Waals surface area contributed by atoms with Crippen LogP contribution in [0.2, 0.25) is 0 Å². The summed E-state index contributed by atoms with van der Waals surface area (Å²) >= 11 is 0. The first kappa shape index (κ1) is 17.7. The summed E-state index contributed by atoms with van der Waals surface area (Å²) in [4.78, 5) is 23.7. The van der Waals surface area contributed by atoms with Gasteiger partial charge in [0.1, 0.15) is 5.65 Å². The van der Waals surface area contributed by atoms with Crippen LogP contribution in [0.3, 0.4) is 0 Å². The number of carbonyl (C=O) groups excluding carboxylic acids is 1. The van der Waals surface area contributed by atoms with E-state index in [-0.39, 0.29) is 17.7 Å². The first-order valence-corrected chi connectivity index (χ1v) is 9.55. The van der Waals surface area contributed by atoms with Crippen LogP contribution in [0.5, 0.6) is 0 Å². The molecule has 0 atom stereocenters. The fourth-order valence-electron chi connectivity index (χ4n) is 3.62. The molecular formula is C20H25N5O2. The summed E-state index contributed by atoms with van der Waals surface area (Å²) in [5.74, 6) is 2.12. The van der Waals surface area contributed by atoms with Gasteiger partial charge in [-0.3, -0.25) is 4.79 Å². The highest BCUT2D eigenvalue weighted by atomic mass is 16.5. The first-order chi connectivity index (χ1) is 13.0. The molecule has 27 heavy (non-hydrogen) atoms. The van der Waals surface area contributed by atoms with Gasteiger partial charge in [0, 0.05) is 37.3 Å². The van der Waals surface area contributed by atoms with E-state index < -0.39 is 0 Å². The van der Waals surface area contributed by atoms with Gasteiger partial charge in [0.05, 0.1) is 12.1 Å². The molecule has 0 unspecified atom stereocenters. The van der Waals surface area contributed by atoms with Crippen LogP contribution in [0.1, 0.15) is 61.5 Å². The van der Waals surface area contributed by atoms with Crippen molar-refractivity contribution >= 4 is 11.6 Å². The molecule has 1 aliphatic heterocycles. The summed E-state index contributed by atoms with van der Waals surface area (Å²) < 4.78 is 7.44. The Bertz CT molecular complexity index is 950. The van der Waals surface area contributed by atoms with Crippen molar-refractivity contribution in [3.63, 3.8) is 0 Å². The smallest absolute Gasteiger partial charge is 0.229 e. The third-order valence-electron chi connectivity index (χ3n) is 5.31. The summed E-state index contributed by atoms with van der Waals surface area (Å²) in [6.07, 6.45) is 5.85. The van der Waals surface area contributed by atoms with Gasteiger partial charge in [-0.1, -0.05) is 25.1 Å². The zero-order valence-corrected chi connectivity index (χ0v) is 16.1. The number of nitrogens with zero attached hydrogens (tertiary/aromatic N) is 5. The van der Waals surface area contributed by atoms with Gasteiger partial charge in [-0.15, -0.1) is 0 Å². The number of fused-ring (bicyclic) bond motifs is 1. The molecule has 7 nitrogen and oxygen atoms in total. The van der Waals surface area contributed by atoms with Crippen molar-refractivity contribution in [2.75, 3.05) is 13.1 Å². The minimum atomic E-state index is 0.144. The third-order valence-corrected chi connectivity index (χ3v) is 5.31. The minimum Gasteiger partial charge on any atom is -0.342 e. The quantitative estimate of drug-likeness (QED) is 0.708. The van der Waals surface area contributed by atoms with Crippen LogP contribution in [0, 0.1) is 6.92 Å². The molecule has 3 aromatic heterocycles. The average Bonchev–Trinajstić information content (AvgIpc) is 3.31. The van der Waals surface area contributed by atoms with E-state index in [1.165, 1.54) is 0 Å². The highest BCUT2D eigenvalue weighted by Crippen LogP contribution is 2.28. The van der Waals surface area contributed by atoms with Crippen LogP contribution in [0.15, 0.2) is 29.0 Å². The maximum absolute atomic E-state index is 12.8. The Labute approximate surface area is 158 Å². The average molecular weight is 367 g/mol. The van der Waals surface area contributed by atoms with Crippen molar-refractivity contribution < 1.29 is 9.32 Å². The Morgan fingerprint density at radius 2 is 2.11 bits per heavy atom. The second-order valence-corrected chi connectivity index (χ2v) is 7.61. The van der Waals surface area contributed by atoms with Crippen LogP contribution >= 0.6 is 0 Å². The highest BCUT2D eigenvalue weighted by molar-refractivity contribution is 5.78. The summed E-state index contributed by atoms with van der Waals surface area (Å²) in [5.41, 5.74) is 2.95. The molecule has 0 aromatic carbocycles. The molecular weight excluding hydrogens is 342 g/mol. The standard InChI is InChI=1S/C20H25N5O2/c1-13(2)18-22-20(27-23-18)15-6-9-24(10-7-15)17(26)11-16-12-21-19-14(3)5-4-8-25(16)19/h4-5,8,12-13,15H,6-7,9-11H2,1-3H3. The van der Waals surface area contributed by atoms with E-state index in [0.717, 1.165) is 48.7 Å². The van der Waals surface area contributed by atoms with Crippen molar-refractivity contribution in [1.29, 1.82) is 0 Å². The van der Waals surface area contributed by atoms with Gasteiger partial charge < -0.3 is 13.8 Å². The largest absolute Gasteiger partial charge is 0.342 e. The number of rotatable bonds is 4. The number of pyridine rings is 1. The Morgan fingerprint density at radius 3 is 2.81 bits per heavy atom. The molecule has 4 rings (SSSR count). The lowest BCUT2D eigenvalue weighted by atomic mass is 9.96. The molecule has 4 heterocycles. The van der Waals surface area contributed by atoms with E-state index in [2.05, 4.69) is 29.0 Å². The van der Waals surface area contributed by atoms with E-state index in [9.17, 15) is 4.79 Å². The summed E-state index contributed by atoms with van der Waals surface area (Å²) in [5, 5.41) is 4.05. The summed E-state index contributed by atoms with van der Waals surface area (Å²) in [6.45, 7) is 7.58. The molecule has 0 spiro atoms. The first-order valence-electron chi connectivity index (χ1n) is 9.55. The number of hydrogen-bond acceptors (Lipinski definition) is 5. The molecule has 1 amide bonds. The van der Waals surface area contributed by atoms with Crippen molar-refractivity contribution in [2.24, 2.45) is 0 Å². The van der Waals surface area contributed by atoms with Crippen LogP contribution in [0.4, 0.5) is 0 Å². The Balaban J connectivity index is 1.39. The fraction of sp³-hybridized carbons (Fsp3) is 0.500. The van der Waals surface area contributed by atoms with E-state index in [1.807, 2.05) is 34.6 Å². The summed E-state index contributed by atoms with van der Waals surface area (Å²) in [6, 6.07) is 4.01. The molecule has 7 heteroatoms. The Kier molecular flexibility index (Phi) is 4.68.